The van der Waals surface area contributed by atoms with Crippen LogP contribution in [-0.4, -0.2) is 16.3 Å². The van der Waals surface area contributed by atoms with Gasteiger partial charge in [0.25, 0.3) is 0 Å². The molecule has 2 heteroatoms. The largest absolute Gasteiger partial charge is 0.392 e. The maximum absolute atomic E-state index is 10.8. The summed E-state index contributed by atoms with van der Waals surface area (Å²) in [4.78, 5) is 0. The maximum atomic E-state index is 10.8. The van der Waals surface area contributed by atoms with Crippen LogP contribution >= 0.6 is 0 Å². The Morgan fingerprint density at radius 1 is 1.24 bits per heavy atom. The van der Waals surface area contributed by atoms with E-state index in [9.17, 15) is 10.2 Å². The summed E-state index contributed by atoms with van der Waals surface area (Å²) in [7, 11) is 0. The first-order valence-electron chi connectivity index (χ1n) is 7.78. The van der Waals surface area contributed by atoms with Gasteiger partial charge < -0.3 is 10.2 Å². The van der Waals surface area contributed by atoms with Gasteiger partial charge in [0, 0.05) is 5.41 Å². The fraction of sp³-hybridized carbons (Fsp3) is 0.579. The molecule has 0 unspecified atom stereocenters. The molecule has 0 aliphatic heterocycles. The Morgan fingerprint density at radius 2 is 1.81 bits per heavy atom. The molecule has 0 amide bonds. The molecule has 0 fully saturated rings. The van der Waals surface area contributed by atoms with Crippen LogP contribution in [0.25, 0.3) is 5.57 Å². The zero-order chi connectivity index (χ0) is 16.4. The maximum Gasteiger partial charge on any atom is 0.0871 e. The summed E-state index contributed by atoms with van der Waals surface area (Å²) >= 11 is 0. The molecule has 2 atom stereocenters. The molecule has 118 valence electrons. The minimum Gasteiger partial charge on any atom is -0.392 e. The Bertz CT molecular complexity index is 500. The van der Waals surface area contributed by atoms with Gasteiger partial charge in [-0.3, -0.25) is 0 Å². The van der Waals surface area contributed by atoms with Crippen molar-refractivity contribution >= 4 is 5.57 Å². The summed E-state index contributed by atoms with van der Waals surface area (Å²) in [5, 5.41) is 21.0. The van der Waals surface area contributed by atoms with Crippen LogP contribution in [0.2, 0.25) is 0 Å². The first kappa shape index (κ1) is 17.9. The van der Waals surface area contributed by atoms with Crippen molar-refractivity contribution in [3.8, 4) is 0 Å². The fourth-order valence-electron chi connectivity index (χ4n) is 2.65. The number of hydrogen-bond acceptors (Lipinski definition) is 2. The molecular formula is C19H30O2. The van der Waals surface area contributed by atoms with Crippen molar-refractivity contribution in [3.63, 3.8) is 0 Å². The molecule has 1 aromatic rings. The lowest BCUT2D eigenvalue weighted by atomic mass is 9.75. The lowest BCUT2D eigenvalue weighted by molar-refractivity contribution is -0.0506. The number of hydrogen-bond donors (Lipinski definition) is 2. The van der Waals surface area contributed by atoms with Crippen LogP contribution < -0.4 is 0 Å². The van der Waals surface area contributed by atoms with E-state index in [-0.39, 0.29) is 0 Å². The monoisotopic (exact) mass is 290 g/mol. The van der Waals surface area contributed by atoms with Crippen LogP contribution in [0.4, 0.5) is 0 Å². The van der Waals surface area contributed by atoms with Gasteiger partial charge in [0.15, 0.2) is 0 Å². The summed E-state index contributed by atoms with van der Waals surface area (Å²) in [5.41, 5.74) is 3.42. The second-order valence-electron chi connectivity index (χ2n) is 6.93. The summed E-state index contributed by atoms with van der Waals surface area (Å²) in [6.45, 7) is 16.0. The zero-order valence-corrected chi connectivity index (χ0v) is 14.3. The van der Waals surface area contributed by atoms with Gasteiger partial charge in [-0.25, -0.2) is 0 Å². The first-order chi connectivity index (χ1) is 9.62. The highest BCUT2D eigenvalue weighted by molar-refractivity contribution is 5.66. The van der Waals surface area contributed by atoms with E-state index in [1.807, 2.05) is 33.8 Å². The second-order valence-corrected chi connectivity index (χ2v) is 6.93. The Labute approximate surface area is 129 Å². The molecule has 0 spiro atoms. The van der Waals surface area contributed by atoms with E-state index in [0.717, 1.165) is 16.7 Å². The average molecular weight is 290 g/mol. The van der Waals surface area contributed by atoms with Crippen molar-refractivity contribution in [2.45, 2.75) is 66.1 Å². The molecule has 0 bridgehead atoms. The van der Waals surface area contributed by atoms with Gasteiger partial charge in [0.05, 0.1) is 12.2 Å². The van der Waals surface area contributed by atoms with Gasteiger partial charge in [-0.2, -0.15) is 0 Å². The second kappa shape index (κ2) is 6.76. The Kier molecular flexibility index (Phi) is 5.77. The zero-order valence-electron chi connectivity index (χ0n) is 14.3. The fourth-order valence-corrected chi connectivity index (χ4v) is 2.65. The lowest BCUT2D eigenvalue weighted by Crippen LogP contribution is -2.35. The van der Waals surface area contributed by atoms with Crippen LogP contribution in [-0.2, 0) is 0 Å². The third kappa shape index (κ3) is 3.75. The van der Waals surface area contributed by atoms with Gasteiger partial charge in [-0.1, -0.05) is 65.0 Å². The van der Waals surface area contributed by atoms with Crippen molar-refractivity contribution in [1.82, 2.24) is 0 Å². The van der Waals surface area contributed by atoms with Crippen LogP contribution in [0.3, 0.4) is 0 Å². The molecule has 1 aromatic carbocycles. The van der Waals surface area contributed by atoms with E-state index in [2.05, 4.69) is 32.6 Å². The van der Waals surface area contributed by atoms with Gasteiger partial charge in [0.1, 0.15) is 0 Å². The quantitative estimate of drug-likeness (QED) is 0.799. The number of allylic oxidation sites excluding steroid dienone is 1. The number of benzene rings is 1. The van der Waals surface area contributed by atoms with Crippen LogP contribution in [0.15, 0.2) is 24.8 Å². The standard InChI is InChI=1S/C19H30O2/c1-8-17(20)19(6,7)18(21)15-10-9-14(12(2)3)11-16(15)13(4)5/h9-12,17-18,20-21H,4,8H2,1-3,5-7H3/t17-,18-/m1/s1. The van der Waals surface area contributed by atoms with Crippen LogP contribution in [0.5, 0.6) is 0 Å². The summed E-state index contributed by atoms with van der Waals surface area (Å²) < 4.78 is 0. The third-order valence-electron chi connectivity index (χ3n) is 4.45. The molecule has 0 aliphatic carbocycles. The average Bonchev–Trinajstić information content (AvgIpc) is 2.44. The van der Waals surface area contributed by atoms with Crippen molar-refractivity contribution in [2.24, 2.45) is 5.41 Å². The Hall–Kier alpha value is -1.12. The molecule has 0 radical (unpaired) electrons. The topological polar surface area (TPSA) is 40.5 Å². The molecule has 0 heterocycles. The molecule has 21 heavy (non-hydrogen) atoms. The van der Waals surface area contributed by atoms with Crippen molar-refractivity contribution in [1.29, 1.82) is 0 Å². The van der Waals surface area contributed by atoms with E-state index >= 15 is 0 Å². The molecule has 0 saturated heterocycles. The normalized spacial score (nSPS) is 15.1. The molecule has 0 aliphatic rings. The highest BCUT2D eigenvalue weighted by atomic mass is 16.3. The molecule has 2 N–H and O–H groups in total. The van der Waals surface area contributed by atoms with E-state index in [4.69, 9.17) is 0 Å². The molecule has 0 saturated carbocycles. The SMILES string of the molecule is C=C(C)c1cc(C(C)C)ccc1[C@@H](O)C(C)(C)[C@H](O)CC. The van der Waals surface area contributed by atoms with Crippen LogP contribution in [0.1, 0.15) is 76.7 Å². The van der Waals surface area contributed by atoms with E-state index in [1.54, 1.807) is 0 Å². The smallest absolute Gasteiger partial charge is 0.0871 e. The molecule has 1 rings (SSSR count). The lowest BCUT2D eigenvalue weighted by Gasteiger charge is -2.36. The van der Waals surface area contributed by atoms with Gasteiger partial charge in [-0.05, 0) is 36.0 Å². The molecule has 2 nitrogen and oxygen atoms in total. The van der Waals surface area contributed by atoms with E-state index < -0.39 is 17.6 Å². The summed E-state index contributed by atoms with van der Waals surface area (Å²) in [5.74, 6) is 0.434. The third-order valence-corrected chi connectivity index (χ3v) is 4.45. The molecule has 0 aromatic heterocycles. The van der Waals surface area contributed by atoms with E-state index in [1.165, 1.54) is 5.56 Å². The van der Waals surface area contributed by atoms with Crippen molar-refractivity contribution in [3.05, 3.63) is 41.5 Å². The first-order valence-corrected chi connectivity index (χ1v) is 7.78. The van der Waals surface area contributed by atoms with Crippen molar-refractivity contribution < 1.29 is 10.2 Å². The summed E-state index contributed by atoms with van der Waals surface area (Å²) in [6.07, 6.45) is -0.646. The Morgan fingerprint density at radius 3 is 2.24 bits per heavy atom. The van der Waals surface area contributed by atoms with E-state index in [0.29, 0.717) is 12.3 Å². The van der Waals surface area contributed by atoms with Gasteiger partial charge >= 0.3 is 0 Å². The van der Waals surface area contributed by atoms with Crippen LogP contribution in [0, 0.1) is 5.41 Å². The predicted octanol–water partition coefficient (Wildman–Crippen LogP) is 4.67. The minimum atomic E-state index is -0.722. The number of aliphatic hydroxyl groups is 2. The Balaban J connectivity index is 3.32. The van der Waals surface area contributed by atoms with Gasteiger partial charge in [0.2, 0.25) is 0 Å². The summed E-state index contributed by atoms with van der Waals surface area (Å²) in [6, 6.07) is 6.15. The number of rotatable bonds is 6. The van der Waals surface area contributed by atoms with Crippen molar-refractivity contribution in [2.75, 3.05) is 0 Å². The highest BCUT2D eigenvalue weighted by Gasteiger charge is 2.36. The number of aliphatic hydroxyl groups excluding tert-OH is 2. The molecular weight excluding hydrogens is 260 g/mol. The minimum absolute atomic E-state index is 0.434. The van der Waals surface area contributed by atoms with Gasteiger partial charge in [-0.15, -0.1) is 0 Å². The highest BCUT2D eigenvalue weighted by Crippen LogP contribution is 2.40. The predicted molar refractivity (Wildman–Crippen MR) is 90.3 cm³/mol.